The first-order chi connectivity index (χ1) is 11.7. The molecule has 0 amide bonds. The number of rotatable bonds is 10. The van der Waals surface area contributed by atoms with Crippen LogP contribution in [0.3, 0.4) is 0 Å². The Hall–Kier alpha value is -1.42. The molecular weight excluding hydrogens is 357 g/mol. The molecule has 0 aliphatic carbocycles. The molecule has 0 saturated carbocycles. The van der Waals surface area contributed by atoms with Crippen molar-refractivity contribution in [2.75, 3.05) is 13.2 Å². The summed E-state index contributed by atoms with van der Waals surface area (Å²) in [5.74, 6) is 1.61. The molecular formula is C20H27Cl2NO2. The van der Waals surface area contributed by atoms with Gasteiger partial charge in [-0.15, -0.1) is 12.4 Å². The van der Waals surface area contributed by atoms with E-state index in [1.54, 1.807) is 0 Å². The lowest BCUT2D eigenvalue weighted by atomic mass is 10.1. The molecule has 0 aliphatic heterocycles. The van der Waals surface area contributed by atoms with Gasteiger partial charge in [0.15, 0.2) is 11.5 Å². The number of ether oxygens (including phenoxy) is 2. The van der Waals surface area contributed by atoms with Gasteiger partial charge in [-0.1, -0.05) is 49.2 Å². The Morgan fingerprint density at radius 2 is 1.76 bits per heavy atom. The summed E-state index contributed by atoms with van der Waals surface area (Å²) >= 11 is 5.93. The van der Waals surface area contributed by atoms with Gasteiger partial charge in [-0.05, 0) is 43.7 Å². The maximum Gasteiger partial charge on any atom is 0.166 e. The molecule has 0 atom stereocenters. The maximum absolute atomic E-state index is 6.10. The Labute approximate surface area is 162 Å². The normalized spacial score (nSPS) is 10.2. The summed E-state index contributed by atoms with van der Waals surface area (Å²) in [5.41, 5.74) is 2.20. The van der Waals surface area contributed by atoms with Gasteiger partial charge in [0.25, 0.3) is 0 Å². The standard InChI is InChI=1S/C20H26ClNO2.ClH/c1-3-5-13-22-14-17-7-6-8-19(23-4-2)20(17)24-15-16-9-11-18(21)12-10-16;/h6-12,22H,3-5,13-15H2,1-2H3;1H. The van der Waals surface area contributed by atoms with Crippen LogP contribution >= 0.6 is 24.0 Å². The van der Waals surface area contributed by atoms with Crippen LogP contribution in [0.15, 0.2) is 42.5 Å². The molecule has 0 bridgehead atoms. The van der Waals surface area contributed by atoms with Crippen LogP contribution in [0.1, 0.15) is 37.8 Å². The lowest BCUT2D eigenvalue weighted by molar-refractivity contribution is 0.266. The lowest BCUT2D eigenvalue weighted by Gasteiger charge is -2.16. The van der Waals surface area contributed by atoms with Crippen molar-refractivity contribution in [3.63, 3.8) is 0 Å². The summed E-state index contributed by atoms with van der Waals surface area (Å²) in [6.07, 6.45) is 2.36. The molecule has 2 aromatic rings. The zero-order chi connectivity index (χ0) is 17.2. The van der Waals surface area contributed by atoms with Crippen molar-refractivity contribution < 1.29 is 9.47 Å². The predicted octanol–water partition coefficient (Wildman–Crippen LogP) is 5.63. The smallest absolute Gasteiger partial charge is 0.166 e. The molecule has 0 spiro atoms. The second-order valence-electron chi connectivity index (χ2n) is 5.62. The summed E-state index contributed by atoms with van der Waals surface area (Å²) in [6.45, 7) is 7.06. The zero-order valence-corrected chi connectivity index (χ0v) is 16.5. The topological polar surface area (TPSA) is 30.5 Å². The maximum atomic E-state index is 6.10. The first-order valence-electron chi connectivity index (χ1n) is 8.57. The van der Waals surface area contributed by atoms with Gasteiger partial charge in [0.1, 0.15) is 6.61 Å². The predicted molar refractivity (Wildman–Crippen MR) is 107 cm³/mol. The highest BCUT2D eigenvalue weighted by atomic mass is 35.5. The van der Waals surface area contributed by atoms with Crippen molar-refractivity contribution in [3.05, 3.63) is 58.6 Å². The van der Waals surface area contributed by atoms with Crippen molar-refractivity contribution >= 4 is 24.0 Å². The van der Waals surface area contributed by atoms with Crippen LogP contribution in [-0.2, 0) is 13.2 Å². The van der Waals surface area contributed by atoms with Crippen LogP contribution in [0.2, 0.25) is 5.02 Å². The molecule has 2 rings (SSSR count). The lowest BCUT2D eigenvalue weighted by Crippen LogP contribution is -2.15. The number of unbranched alkanes of at least 4 members (excludes halogenated alkanes) is 1. The Morgan fingerprint density at radius 3 is 2.44 bits per heavy atom. The number of hydrogen-bond donors (Lipinski definition) is 1. The molecule has 0 radical (unpaired) electrons. The fraction of sp³-hybridized carbons (Fsp3) is 0.400. The minimum absolute atomic E-state index is 0. The number of benzene rings is 2. The second-order valence-corrected chi connectivity index (χ2v) is 6.06. The minimum Gasteiger partial charge on any atom is -0.490 e. The van der Waals surface area contributed by atoms with E-state index in [0.29, 0.717) is 13.2 Å². The quantitative estimate of drug-likeness (QED) is 0.539. The van der Waals surface area contributed by atoms with E-state index >= 15 is 0 Å². The number of halogens is 2. The fourth-order valence-electron chi connectivity index (χ4n) is 2.39. The SMILES string of the molecule is CCCCNCc1cccc(OCC)c1OCc1ccc(Cl)cc1.Cl. The van der Waals surface area contributed by atoms with Gasteiger partial charge in [-0.25, -0.2) is 0 Å². The summed E-state index contributed by atoms with van der Waals surface area (Å²) in [5, 5.41) is 4.20. The van der Waals surface area contributed by atoms with Crippen LogP contribution < -0.4 is 14.8 Å². The van der Waals surface area contributed by atoms with E-state index < -0.39 is 0 Å². The third kappa shape index (κ3) is 7.15. The van der Waals surface area contributed by atoms with E-state index in [1.807, 2.05) is 43.3 Å². The molecule has 0 heterocycles. The fourth-order valence-corrected chi connectivity index (χ4v) is 2.52. The van der Waals surface area contributed by atoms with Crippen LogP contribution in [0, 0.1) is 0 Å². The largest absolute Gasteiger partial charge is 0.490 e. The molecule has 0 saturated heterocycles. The van der Waals surface area contributed by atoms with E-state index in [1.165, 1.54) is 12.8 Å². The van der Waals surface area contributed by atoms with Crippen molar-refractivity contribution in [1.82, 2.24) is 5.32 Å². The molecule has 138 valence electrons. The van der Waals surface area contributed by atoms with Gasteiger partial charge in [0, 0.05) is 17.1 Å². The third-order valence-electron chi connectivity index (χ3n) is 3.68. The van der Waals surface area contributed by atoms with Gasteiger partial charge in [0.05, 0.1) is 6.61 Å². The summed E-state index contributed by atoms with van der Waals surface area (Å²) in [6, 6.07) is 13.8. The molecule has 25 heavy (non-hydrogen) atoms. The molecule has 0 aromatic heterocycles. The highest BCUT2D eigenvalue weighted by Crippen LogP contribution is 2.32. The third-order valence-corrected chi connectivity index (χ3v) is 3.93. The molecule has 0 aliphatic rings. The average Bonchev–Trinajstić information content (AvgIpc) is 2.60. The van der Waals surface area contributed by atoms with Crippen molar-refractivity contribution in [3.8, 4) is 11.5 Å². The van der Waals surface area contributed by atoms with E-state index in [4.69, 9.17) is 21.1 Å². The van der Waals surface area contributed by atoms with Gasteiger partial charge in [0.2, 0.25) is 0 Å². The number of para-hydroxylation sites is 1. The van der Waals surface area contributed by atoms with Gasteiger partial charge in [-0.2, -0.15) is 0 Å². The molecule has 3 nitrogen and oxygen atoms in total. The molecule has 5 heteroatoms. The van der Waals surface area contributed by atoms with Crippen molar-refractivity contribution in [2.24, 2.45) is 0 Å². The van der Waals surface area contributed by atoms with Crippen molar-refractivity contribution in [1.29, 1.82) is 0 Å². The van der Waals surface area contributed by atoms with Crippen molar-refractivity contribution in [2.45, 2.75) is 39.8 Å². The van der Waals surface area contributed by atoms with Crippen LogP contribution in [0.25, 0.3) is 0 Å². The van der Waals surface area contributed by atoms with Crippen LogP contribution in [0.4, 0.5) is 0 Å². The summed E-state index contributed by atoms with van der Waals surface area (Å²) in [4.78, 5) is 0. The first-order valence-corrected chi connectivity index (χ1v) is 8.95. The van der Waals surface area contributed by atoms with E-state index in [0.717, 1.165) is 40.7 Å². The van der Waals surface area contributed by atoms with E-state index in [9.17, 15) is 0 Å². The second kappa shape index (κ2) is 12.0. The Morgan fingerprint density at radius 1 is 1.00 bits per heavy atom. The highest BCUT2D eigenvalue weighted by Gasteiger charge is 2.11. The molecule has 0 unspecified atom stereocenters. The zero-order valence-electron chi connectivity index (χ0n) is 14.9. The van der Waals surface area contributed by atoms with Gasteiger partial charge >= 0.3 is 0 Å². The number of hydrogen-bond acceptors (Lipinski definition) is 3. The van der Waals surface area contributed by atoms with Gasteiger partial charge < -0.3 is 14.8 Å². The Balaban J connectivity index is 0.00000312. The minimum atomic E-state index is 0. The monoisotopic (exact) mass is 383 g/mol. The average molecular weight is 384 g/mol. The van der Waals surface area contributed by atoms with Crippen LogP contribution in [0.5, 0.6) is 11.5 Å². The highest BCUT2D eigenvalue weighted by molar-refractivity contribution is 6.30. The first kappa shape index (κ1) is 21.6. The Bertz CT molecular complexity index is 618. The summed E-state index contributed by atoms with van der Waals surface area (Å²) in [7, 11) is 0. The number of nitrogens with one attached hydrogen (secondary N) is 1. The molecule has 0 fully saturated rings. The Kier molecular flexibility index (Phi) is 10.4. The van der Waals surface area contributed by atoms with E-state index in [-0.39, 0.29) is 12.4 Å². The van der Waals surface area contributed by atoms with Gasteiger partial charge in [-0.3, -0.25) is 0 Å². The molecule has 1 N–H and O–H groups in total. The van der Waals surface area contributed by atoms with Crippen LogP contribution in [-0.4, -0.2) is 13.2 Å². The summed E-state index contributed by atoms with van der Waals surface area (Å²) < 4.78 is 11.8. The molecule has 2 aromatic carbocycles. The van der Waals surface area contributed by atoms with E-state index in [2.05, 4.69) is 18.3 Å².